The fourth-order valence-electron chi connectivity index (χ4n) is 6.16. The number of alkyl halides is 2. The molecule has 0 bridgehead atoms. The van der Waals surface area contributed by atoms with Crippen molar-refractivity contribution in [1.29, 1.82) is 0 Å². The van der Waals surface area contributed by atoms with E-state index >= 15 is 0 Å². The number of fused-ring (bicyclic) bond motifs is 1. The summed E-state index contributed by atoms with van der Waals surface area (Å²) in [7, 11) is 3.01. The molecule has 53 heavy (non-hydrogen) atoms. The Balaban J connectivity index is 1.21. The summed E-state index contributed by atoms with van der Waals surface area (Å²) in [5, 5.41) is 6.19. The molecule has 0 saturated carbocycles. The second kappa shape index (κ2) is 16.7. The van der Waals surface area contributed by atoms with Crippen LogP contribution in [0.5, 0.6) is 11.6 Å². The Kier molecular flexibility index (Phi) is 11.9. The molecule has 16 heteroatoms. The highest BCUT2D eigenvalue weighted by Gasteiger charge is 2.24. The normalized spacial score (nSPS) is 13.4. The molecular weight excluding hydrogens is 731 g/mol. The van der Waals surface area contributed by atoms with Crippen molar-refractivity contribution in [3.8, 4) is 45.3 Å². The number of imidazole rings is 1. The molecule has 0 spiro atoms. The number of amides is 2. The van der Waals surface area contributed by atoms with Gasteiger partial charge in [0.2, 0.25) is 11.8 Å². The number of alkyl carbamates (subject to hydrolysis) is 1. The van der Waals surface area contributed by atoms with Crippen LogP contribution in [0.15, 0.2) is 61.1 Å². The Labute approximate surface area is 314 Å². The van der Waals surface area contributed by atoms with E-state index in [4.69, 9.17) is 42.4 Å². The first-order chi connectivity index (χ1) is 25.6. The number of carbonyl (C=O) groups is 2. The minimum atomic E-state index is -2.47. The number of ether oxygens (including phenoxy) is 3. The first-order valence-electron chi connectivity index (χ1n) is 16.8. The minimum absolute atomic E-state index is 0.0135. The van der Waals surface area contributed by atoms with Gasteiger partial charge in [0, 0.05) is 85.8 Å². The molecule has 1 saturated heterocycles. The molecule has 0 atom stereocenters. The Morgan fingerprint density at radius 1 is 0.962 bits per heavy atom. The van der Waals surface area contributed by atoms with Crippen LogP contribution in [-0.4, -0.2) is 82.6 Å². The van der Waals surface area contributed by atoms with Crippen LogP contribution in [0.4, 0.5) is 13.6 Å². The van der Waals surface area contributed by atoms with Gasteiger partial charge in [-0.05, 0) is 24.3 Å². The zero-order valence-corrected chi connectivity index (χ0v) is 30.7. The van der Waals surface area contributed by atoms with Gasteiger partial charge in [-0.1, -0.05) is 41.4 Å². The number of pyridine rings is 3. The molecule has 278 valence electrons. The highest BCUT2D eigenvalue weighted by atomic mass is 35.5. The van der Waals surface area contributed by atoms with Crippen molar-refractivity contribution < 1.29 is 32.6 Å². The lowest BCUT2D eigenvalue weighted by Gasteiger charge is -2.30. The van der Waals surface area contributed by atoms with Gasteiger partial charge in [0.25, 0.3) is 6.43 Å². The van der Waals surface area contributed by atoms with Crippen molar-refractivity contribution in [2.45, 2.75) is 45.4 Å². The average molecular weight is 769 g/mol. The third kappa shape index (κ3) is 8.61. The van der Waals surface area contributed by atoms with Crippen molar-refractivity contribution in [2.24, 2.45) is 0 Å². The zero-order chi connectivity index (χ0) is 37.6. The quantitative estimate of drug-likeness (QED) is 0.137. The third-order valence-electron chi connectivity index (χ3n) is 8.84. The first-order valence-corrected chi connectivity index (χ1v) is 17.5. The van der Waals surface area contributed by atoms with Crippen LogP contribution in [0, 0.1) is 0 Å². The van der Waals surface area contributed by atoms with Crippen molar-refractivity contribution in [3.63, 3.8) is 0 Å². The van der Waals surface area contributed by atoms with Crippen LogP contribution in [0.3, 0.4) is 0 Å². The molecule has 2 N–H and O–H groups in total. The van der Waals surface area contributed by atoms with E-state index in [1.54, 1.807) is 52.2 Å². The molecule has 5 heterocycles. The van der Waals surface area contributed by atoms with E-state index in [2.05, 4.69) is 20.6 Å². The maximum atomic E-state index is 12.6. The summed E-state index contributed by atoms with van der Waals surface area (Å²) in [5.74, 6) is 0.771. The molecular formula is C37H37Cl2F2N7O5. The molecule has 0 aliphatic carbocycles. The van der Waals surface area contributed by atoms with E-state index in [9.17, 15) is 18.4 Å². The summed E-state index contributed by atoms with van der Waals surface area (Å²) in [5.41, 5.74) is 5.25. The number of nitrogens with one attached hydrogen (secondary N) is 2. The minimum Gasteiger partial charge on any atom is -0.493 e. The van der Waals surface area contributed by atoms with Gasteiger partial charge in [0.05, 0.1) is 54.4 Å². The predicted molar refractivity (Wildman–Crippen MR) is 197 cm³/mol. The summed E-state index contributed by atoms with van der Waals surface area (Å²) < 4.78 is 43.8. The molecule has 5 aromatic rings. The maximum Gasteiger partial charge on any atom is 0.407 e. The van der Waals surface area contributed by atoms with Crippen LogP contribution in [0.2, 0.25) is 10.0 Å². The number of hydrogen-bond donors (Lipinski definition) is 2. The molecule has 1 aliphatic heterocycles. The fraction of sp³-hybridized carbons (Fsp3) is 0.324. The number of halogens is 4. The number of aromatic nitrogens is 4. The Morgan fingerprint density at radius 2 is 1.72 bits per heavy atom. The molecule has 0 radical (unpaired) electrons. The van der Waals surface area contributed by atoms with Gasteiger partial charge in [-0.15, -0.1) is 0 Å². The second-order valence-electron chi connectivity index (χ2n) is 12.3. The smallest absolute Gasteiger partial charge is 0.407 e. The largest absolute Gasteiger partial charge is 0.493 e. The standard InChI is InChI=1S/C37H37Cl2F2N7O5/c1-21(49)47-13-10-25(11-14-47)53-37(50)44-16-22-7-8-29(46-36(22)52-3)28-6-4-5-26(32(28)38)27-9-12-43-34(33(27)39)23-15-30(51-2)35-45-24(20-48(35)19-23)17-42-18-31(40)41/h4-9,12,15,19-20,25,31,42H,10-11,13-14,16-18H2,1-3H3,(H,44,50). The van der Waals surface area contributed by atoms with E-state index in [1.165, 1.54) is 21.1 Å². The predicted octanol–water partition coefficient (Wildman–Crippen LogP) is 7.04. The van der Waals surface area contributed by atoms with Crippen molar-refractivity contribution in [1.82, 2.24) is 34.9 Å². The molecule has 2 amide bonds. The molecule has 6 rings (SSSR count). The molecule has 1 aromatic carbocycles. The van der Waals surface area contributed by atoms with Gasteiger partial charge >= 0.3 is 6.09 Å². The molecule has 0 unspecified atom stereocenters. The summed E-state index contributed by atoms with van der Waals surface area (Å²) >= 11 is 14.1. The number of methoxy groups -OCH3 is 2. The van der Waals surface area contributed by atoms with E-state index in [-0.39, 0.29) is 25.1 Å². The van der Waals surface area contributed by atoms with Gasteiger partial charge in [0.1, 0.15) is 6.10 Å². The monoisotopic (exact) mass is 767 g/mol. The second-order valence-corrected chi connectivity index (χ2v) is 13.1. The van der Waals surface area contributed by atoms with Crippen molar-refractivity contribution >= 4 is 40.8 Å². The Bertz CT molecular complexity index is 2130. The lowest BCUT2D eigenvalue weighted by atomic mass is 10.00. The summed E-state index contributed by atoms with van der Waals surface area (Å²) in [6.45, 7) is 2.48. The van der Waals surface area contributed by atoms with E-state index < -0.39 is 19.1 Å². The van der Waals surface area contributed by atoms with Gasteiger partial charge in [-0.3, -0.25) is 9.78 Å². The van der Waals surface area contributed by atoms with Crippen LogP contribution < -0.4 is 20.1 Å². The highest BCUT2D eigenvalue weighted by molar-refractivity contribution is 6.39. The SMILES string of the molecule is COc1nc(-c2cccc(-c3ccnc(-c4cc(OC)c5nc(CNCC(F)F)cn5c4)c3Cl)c2Cl)ccc1CNC(=O)OC1CCN(C(C)=O)CC1. The van der Waals surface area contributed by atoms with Crippen LogP contribution in [-0.2, 0) is 22.6 Å². The van der Waals surface area contributed by atoms with Gasteiger partial charge < -0.3 is 34.1 Å². The number of likely N-dealkylation sites (tertiary alicyclic amines) is 1. The van der Waals surface area contributed by atoms with Gasteiger partial charge in [-0.2, -0.15) is 0 Å². The van der Waals surface area contributed by atoms with Gasteiger partial charge in [-0.25, -0.2) is 23.5 Å². The number of benzene rings is 1. The first kappa shape index (κ1) is 37.7. The molecule has 1 fully saturated rings. The lowest BCUT2D eigenvalue weighted by molar-refractivity contribution is -0.130. The average Bonchev–Trinajstić information content (AvgIpc) is 3.57. The summed E-state index contributed by atoms with van der Waals surface area (Å²) in [6, 6.07) is 12.6. The number of rotatable bonds is 12. The number of nitrogens with zero attached hydrogens (tertiary/aromatic N) is 5. The number of carbonyl (C=O) groups excluding carboxylic acids is 2. The molecule has 1 aliphatic rings. The number of hydrogen-bond acceptors (Lipinski definition) is 9. The molecule has 12 nitrogen and oxygen atoms in total. The summed E-state index contributed by atoms with van der Waals surface area (Å²) in [4.78, 5) is 39.7. The van der Waals surface area contributed by atoms with E-state index in [0.717, 1.165) is 0 Å². The number of piperidine rings is 1. The van der Waals surface area contributed by atoms with Crippen LogP contribution in [0.25, 0.3) is 39.3 Å². The zero-order valence-electron chi connectivity index (χ0n) is 29.2. The van der Waals surface area contributed by atoms with Crippen molar-refractivity contribution in [2.75, 3.05) is 33.9 Å². The van der Waals surface area contributed by atoms with Crippen molar-refractivity contribution in [3.05, 3.63) is 82.4 Å². The van der Waals surface area contributed by atoms with E-state index in [0.29, 0.717) is 98.2 Å². The topological polar surface area (TPSA) is 132 Å². The van der Waals surface area contributed by atoms with Crippen LogP contribution >= 0.6 is 23.2 Å². The Morgan fingerprint density at radius 3 is 2.43 bits per heavy atom. The lowest BCUT2D eigenvalue weighted by Crippen LogP contribution is -2.41. The van der Waals surface area contributed by atoms with Crippen LogP contribution in [0.1, 0.15) is 31.0 Å². The Hall–Kier alpha value is -5.05. The van der Waals surface area contributed by atoms with E-state index in [1.807, 2.05) is 18.2 Å². The highest BCUT2D eigenvalue weighted by Crippen LogP contribution is 2.42. The third-order valence-corrected chi connectivity index (χ3v) is 9.63. The fourth-order valence-corrected chi connectivity index (χ4v) is 6.81. The molecule has 4 aromatic heterocycles. The summed E-state index contributed by atoms with van der Waals surface area (Å²) in [6.07, 6.45) is 3.04. The maximum absolute atomic E-state index is 12.6. The van der Waals surface area contributed by atoms with Gasteiger partial charge in [0.15, 0.2) is 11.4 Å².